The van der Waals surface area contributed by atoms with E-state index in [4.69, 9.17) is 9.26 Å². The molecule has 0 bridgehead atoms. The molecule has 25 heavy (non-hydrogen) atoms. The molecule has 1 aliphatic heterocycles. The Kier molecular flexibility index (Phi) is 6.14. The first-order valence-electron chi connectivity index (χ1n) is 8.72. The van der Waals surface area contributed by atoms with E-state index in [0.29, 0.717) is 37.9 Å². The highest BCUT2D eigenvalue weighted by molar-refractivity contribution is 5.76. The van der Waals surface area contributed by atoms with Crippen molar-refractivity contribution in [2.45, 2.75) is 19.9 Å². The van der Waals surface area contributed by atoms with Crippen LogP contribution < -0.4 is 0 Å². The van der Waals surface area contributed by atoms with Crippen LogP contribution in [0.5, 0.6) is 0 Å². The van der Waals surface area contributed by atoms with E-state index in [1.54, 1.807) is 0 Å². The Balaban J connectivity index is 1.46. The number of hydrogen-bond donors (Lipinski definition) is 0. The van der Waals surface area contributed by atoms with Gasteiger partial charge < -0.3 is 14.2 Å². The third kappa shape index (κ3) is 4.87. The summed E-state index contributed by atoms with van der Waals surface area (Å²) < 4.78 is 10.6. The van der Waals surface area contributed by atoms with Crippen molar-refractivity contribution in [3.63, 3.8) is 0 Å². The zero-order valence-electron chi connectivity index (χ0n) is 14.6. The summed E-state index contributed by atoms with van der Waals surface area (Å²) in [7, 11) is 0. The van der Waals surface area contributed by atoms with Gasteiger partial charge >= 0.3 is 0 Å². The highest BCUT2D eigenvalue weighted by Gasteiger charge is 2.22. The average molecular weight is 344 g/mol. The molecule has 1 amide bonds. The number of nitrogens with zero attached hydrogens (tertiary/aromatic N) is 4. The van der Waals surface area contributed by atoms with Crippen molar-refractivity contribution in [1.29, 1.82) is 0 Å². The van der Waals surface area contributed by atoms with Gasteiger partial charge in [0.2, 0.25) is 17.6 Å². The van der Waals surface area contributed by atoms with Crippen molar-refractivity contribution in [3.05, 3.63) is 36.2 Å². The molecule has 0 unspecified atom stereocenters. The fraction of sp³-hybridized carbons (Fsp3) is 0.500. The summed E-state index contributed by atoms with van der Waals surface area (Å²) in [4.78, 5) is 20.7. The van der Waals surface area contributed by atoms with Crippen molar-refractivity contribution in [1.82, 2.24) is 19.9 Å². The summed E-state index contributed by atoms with van der Waals surface area (Å²) in [5.74, 6) is 1.38. The molecule has 134 valence electrons. The lowest BCUT2D eigenvalue weighted by atomic mass is 10.2. The zero-order chi connectivity index (χ0) is 17.5. The fourth-order valence-corrected chi connectivity index (χ4v) is 2.83. The van der Waals surface area contributed by atoms with Gasteiger partial charge in [-0.1, -0.05) is 35.5 Å². The molecule has 0 saturated carbocycles. The van der Waals surface area contributed by atoms with Gasteiger partial charge in [-0.2, -0.15) is 4.98 Å². The first-order chi connectivity index (χ1) is 12.3. The molecule has 1 saturated heterocycles. The SMILES string of the molecule is CCOCCC(=O)N1CCN(Cc2nc(-c3ccccc3)no2)CC1. The normalized spacial score (nSPS) is 15.5. The predicted octanol–water partition coefficient (Wildman–Crippen LogP) is 1.81. The Hall–Kier alpha value is -2.25. The highest BCUT2D eigenvalue weighted by atomic mass is 16.5. The van der Waals surface area contributed by atoms with E-state index in [-0.39, 0.29) is 5.91 Å². The molecule has 2 heterocycles. The average Bonchev–Trinajstić information content (AvgIpc) is 3.12. The van der Waals surface area contributed by atoms with E-state index >= 15 is 0 Å². The minimum absolute atomic E-state index is 0.164. The molecular weight excluding hydrogens is 320 g/mol. The Morgan fingerprint density at radius 3 is 2.68 bits per heavy atom. The van der Waals surface area contributed by atoms with E-state index in [9.17, 15) is 4.79 Å². The first-order valence-corrected chi connectivity index (χ1v) is 8.72. The van der Waals surface area contributed by atoms with Gasteiger partial charge in [-0.15, -0.1) is 0 Å². The maximum Gasteiger partial charge on any atom is 0.241 e. The lowest BCUT2D eigenvalue weighted by Crippen LogP contribution is -2.48. The van der Waals surface area contributed by atoms with Crippen LogP contribution in [0.4, 0.5) is 0 Å². The molecule has 1 aromatic carbocycles. The van der Waals surface area contributed by atoms with Crippen molar-refractivity contribution < 1.29 is 14.1 Å². The Morgan fingerprint density at radius 1 is 1.20 bits per heavy atom. The number of carbonyl (C=O) groups excluding carboxylic acids is 1. The van der Waals surface area contributed by atoms with Gasteiger partial charge in [-0.25, -0.2) is 0 Å². The van der Waals surface area contributed by atoms with Crippen molar-refractivity contribution in [2.24, 2.45) is 0 Å². The second-order valence-corrected chi connectivity index (χ2v) is 5.98. The fourth-order valence-electron chi connectivity index (χ4n) is 2.83. The van der Waals surface area contributed by atoms with E-state index in [0.717, 1.165) is 31.7 Å². The molecule has 0 radical (unpaired) electrons. The van der Waals surface area contributed by atoms with Crippen LogP contribution in [-0.2, 0) is 16.1 Å². The van der Waals surface area contributed by atoms with Gasteiger partial charge in [0.25, 0.3) is 0 Å². The standard InChI is InChI=1S/C18H24N4O3/c1-2-24-13-8-17(23)22-11-9-21(10-12-22)14-16-19-18(20-25-16)15-6-4-3-5-7-15/h3-7H,2,8-14H2,1H3. The number of benzene rings is 1. The third-order valence-corrected chi connectivity index (χ3v) is 4.25. The molecule has 1 fully saturated rings. The van der Waals surface area contributed by atoms with Gasteiger partial charge in [0.1, 0.15) is 0 Å². The Morgan fingerprint density at radius 2 is 1.96 bits per heavy atom. The van der Waals surface area contributed by atoms with Gasteiger partial charge in [0.05, 0.1) is 19.6 Å². The van der Waals surface area contributed by atoms with Crippen LogP contribution in [0, 0.1) is 0 Å². The maximum atomic E-state index is 12.1. The molecule has 7 nitrogen and oxygen atoms in total. The molecule has 1 aromatic heterocycles. The molecule has 0 aliphatic carbocycles. The second kappa shape index (κ2) is 8.73. The molecular formula is C18H24N4O3. The molecule has 0 atom stereocenters. The van der Waals surface area contributed by atoms with Crippen LogP contribution in [0.15, 0.2) is 34.9 Å². The molecule has 0 spiro atoms. The van der Waals surface area contributed by atoms with Crippen molar-refractivity contribution in [3.8, 4) is 11.4 Å². The van der Waals surface area contributed by atoms with Gasteiger partial charge in [0, 0.05) is 38.3 Å². The van der Waals surface area contributed by atoms with Crippen molar-refractivity contribution in [2.75, 3.05) is 39.4 Å². The monoisotopic (exact) mass is 344 g/mol. The lowest BCUT2D eigenvalue weighted by Gasteiger charge is -2.34. The highest BCUT2D eigenvalue weighted by Crippen LogP contribution is 2.16. The first kappa shape index (κ1) is 17.6. The lowest BCUT2D eigenvalue weighted by molar-refractivity contribution is -0.134. The Bertz CT molecular complexity index is 666. The predicted molar refractivity (Wildman–Crippen MR) is 92.7 cm³/mol. The molecule has 7 heteroatoms. The smallest absolute Gasteiger partial charge is 0.241 e. The minimum atomic E-state index is 0.164. The van der Waals surface area contributed by atoms with Crippen LogP contribution in [0.25, 0.3) is 11.4 Å². The van der Waals surface area contributed by atoms with Crippen LogP contribution in [0.2, 0.25) is 0 Å². The number of aromatic nitrogens is 2. The largest absolute Gasteiger partial charge is 0.381 e. The summed E-state index contributed by atoms with van der Waals surface area (Å²) in [6, 6.07) is 9.78. The third-order valence-electron chi connectivity index (χ3n) is 4.25. The van der Waals surface area contributed by atoms with E-state index in [1.807, 2.05) is 42.2 Å². The zero-order valence-corrected chi connectivity index (χ0v) is 14.6. The van der Waals surface area contributed by atoms with Crippen molar-refractivity contribution >= 4 is 5.91 Å². The van der Waals surface area contributed by atoms with E-state index < -0.39 is 0 Å². The van der Waals surface area contributed by atoms with E-state index in [2.05, 4.69) is 15.0 Å². The van der Waals surface area contributed by atoms with Gasteiger partial charge in [-0.3, -0.25) is 9.69 Å². The van der Waals surface area contributed by atoms with Crippen LogP contribution in [-0.4, -0.2) is 65.2 Å². The summed E-state index contributed by atoms with van der Waals surface area (Å²) in [5.41, 5.74) is 0.946. The van der Waals surface area contributed by atoms with Crippen LogP contribution in [0.1, 0.15) is 19.2 Å². The van der Waals surface area contributed by atoms with E-state index in [1.165, 1.54) is 0 Å². The number of rotatable bonds is 7. The summed E-state index contributed by atoms with van der Waals surface area (Å²) >= 11 is 0. The number of piperazine rings is 1. The molecule has 3 rings (SSSR count). The molecule has 0 N–H and O–H groups in total. The number of amides is 1. The Labute approximate surface area is 147 Å². The maximum absolute atomic E-state index is 12.1. The number of ether oxygens (including phenoxy) is 1. The summed E-state index contributed by atoms with van der Waals surface area (Å²) in [6.07, 6.45) is 0.456. The number of hydrogen-bond acceptors (Lipinski definition) is 6. The summed E-state index contributed by atoms with van der Waals surface area (Å²) in [6.45, 7) is 6.77. The number of carbonyl (C=O) groups is 1. The second-order valence-electron chi connectivity index (χ2n) is 5.98. The quantitative estimate of drug-likeness (QED) is 0.714. The summed E-state index contributed by atoms with van der Waals surface area (Å²) in [5, 5.41) is 4.05. The van der Waals surface area contributed by atoms with Crippen LogP contribution in [0.3, 0.4) is 0 Å². The van der Waals surface area contributed by atoms with Gasteiger partial charge in [-0.05, 0) is 6.92 Å². The molecule has 2 aromatic rings. The minimum Gasteiger partial charge on any atom is -0.381 e. The topological polar surface area (TPSA) is 71.7 Å². The van der Waals surface area contributed by atoms with Gasteiger partial charge in [0.15, 0.2) is 0 Å². The molecule has 1 aliphatic rings. The van der Waals surface area contributed by atoms with Crippen LogP contribution >= 0.6 is 0 Å².